The molecule has 6 aromatic rings. The Morgan fingerprint density at radius 1 is 0.291 bits per heavy atom. The van der Waals surface area contributed by atoms with Crippen LogP contribution in [-0.2, 0) is 0 Å². The second-order valence-corrected chi connectivity index (χ2v) is 23.0. The normalized spacial score (nSPS) is 15.2. The summed E-state index contributed by atoms with van der Waals surface area (Å²) in [6.07, 6.45) is 19.5. The van der Waals surface area contributed by atoms with Crippen LogP contribution in [0.15, 0.2) is 174 Å². The van der Waals surface area contributed by atoms with E-state index in [0.717, 1.165) is 45.7 Å². The van der Waals surface area contributed by atoms with Crippen LogP contribution in [0.2, 0.25) is 0 Å². The van der Waals surface area contributed by atoms with Gasteiger partial charge in [0.15, 0.2) is 32.6 Å². The SMILES string of the molecule is CCC(C)c1ccc(C)c(=O)cc1.Cc1ccc(C(C)C)ccc1=O.Cc1ccc(C2CC2)ccc1=O.Cc1ccc(C2CCC2)ccc1=O.Cc1ccc(C2CCCC2)ccc1=O.Cc1ccc(C2CCCCC2)ccc1=O. The molecule has 0 heterocycles. The summed E-state index contributed by atoms with van der Waals surface area (Å²) < 4.78 is 0. The van der Waals surface area contributed by atoms with Gasteiger partial charge in [-0.2, -0.15) is 0 Å². The smallest absolute Gasteiger partial charge is 0.181 e. The van der Waals surface area contributed by atoms with Crippen LogP contribution in [-0.4, -0.2) is 0 Å². The highest BCUT2D eigenvalue weighted by molar-refractivity contribution is 5.28. The average Bonchev–Trinajstić information content (AvgIpc) is 4.29. The Balaban J connectivity index is 0.000000175. The Morgan fingerprint density at radius 2 is 0.519 bits per heavy atom. The van der Waals surface area contributed by atoms with E-state index in [0.29, 0.717) is 29.6 Å². The summed E-state index contributed by atoms with van der Waals surface area (Å²) in [5.41, 5.74) is 13.6. The van der Waals surface area contributed by atoms with Crippen molar-refractivity contribution in [2.45, 2.75) is 201 Å². The number of rotatable bonds is 7. The minimum absolute atomic E-state index is 0.113. The lowest BCUT2D eigenvalue weighted by molar-refractivity contribution is 0.420. The van der Waals surface area contributed by atoms with Crippen LogP contribution in [0.4, 0.5) is 0 Å². The van der Waals surface area contributed by atoms with Gasteiger partial charge in [-0.3, -0.25) is 28.8 Å². The standard InChI is InChI=1S/C14H18O.C13H16O.C12H14O.C12H16O.C11H12O.C11H14O/c1-11-7-8-13(9-10-14(11)15)12-5-3-2-4-6-12;1-10-6-7-12(8-9-13(10)14)11-4-2-3-5-11;1-9-5-6-11(7-8-12(9)13)10-3-2-4-10;1-4-9(2)11-6-5-10(3)12(13)8-7-11;1-8-2-3-9(10-4-5-10)6-7-11(8)12;1-8(2)10-5-4-9(3)11(12)7-6-10/h7-10,12H,2-6H2,1H3;6-9,11H,2-5H2,1H3;5-8,10H,2-4H2,1H3;5-9H,4H2,1-3H3;2-3,6-7,10H,4-5H2,1H3;4-8H,1-3H3. The van der Waals surface area contributed by atoms with Gasteiger partial charge in [-0.1, -0.05) is 175 Å². The van der Waals surface area contributed by atoms with Crippen LogP contribution in [0.3, 0.4) is 0 Å². The van der Waals surface area contributed by atoms with Gasteiger partial charge in [-0.15, -0.1) is 0 Å². The van der Waals surface area contributed by atoms with Crippen LogP contribution >= 0.6 is 0 Å². The molecule has 1 unspecified atom stereocenters. The van der Waals surface area contributed by atoms with E-state index in [1.165, 1.54) is 123 Å². The quantitative estimate of drug-likeness (QED) is 0.158. The van der Waals surface area contributed by atoms with Gasteiger partial charge >= 0.3 is 0 Å². The first kappa shape index (κ1) is 63.2. The van der Waals surface area contributed by atoms with Gasteiger partial charge in [0.05, 0.1) is 0 Å². The van der Waals surface area contributed by atoms with Crippen molar-refractivity contribution in [3.8, 4) is 0 Å². The Kier molecular flexibility index (Phi) is 25.9. The molecule has 0 amide bonds. The predicted octanol–water partition coefficient (Wildman–Crippen LogP) is 16.6. The van der Waals surface area contributed by atoms with E-state index in [2.05, 4.69) is 52.0 Å². The van der Waals surface area contributed by atoms with Crippen LogP contribution in [0, 0.1) is 41.5 Å². The summed E-state index contributed by atoms with van der Waals surface area (Å²) in [6, 6.07) is 46.0. The molecule has 6 aromatic carbocycles. The molecule has 1 atom stereocenters. The highest BCUT2D eigenvalue weighted by Crippen LogP contribution is 2.39. The molecule has 0 saturated heterocycles. The van der Waals surface area contributed by atoms with Crippen LogP contribution in [0.5, 0.6) is 0 Å². The third-order valence-corrected chi connectivity index (χ3v) is 16.4. The molecule has 0 spiro atoms. The minimum atomic E-state index is 0.113. The maximum atomic E-state index is 11.5. The zero-order chi connectivity index (χ0) is 57.4. The predicted molar refractivity (Wildman–Crippen MR) is 333 cm³/mol. The third-order valence-electron chi connectivity index (χ3n) is 16.4. The summed E-state index contributed by atoms with van der Waals surface area (Å²) in [5, 5.41) is 0. The fraction of sp³-hybridized carbons (Fsp3) is 0.425. The highest BCUT2D eigenvalue weighted by Gasteiger charge is 2.23. The van der Waals surface area contributed by atoms with Gasteiger partial charge in [0, 0.05) is 0 Å². The van der Waals surface area contributed by atoms with E-state index >= 15 is 0 Å². The van der Waals surface area contributed by atoms with Crippen LogP contribution in [0.1, 0.15) is 226 Å². The Labute approximate surface area is 472 Å². The molecule has 6 heteroatoms. The van der Waals surface area contributed by atoms with Crippen LogP contribution < -0.4 is 32.6 Å². The molecule has 0 aromatic heterocycles. The molecule has 4 aliphatic carbocycles. The molecule has 0 bridgehead atoms. The van der Waals surface area contributed by atoms with E-state index in [9.17, 15) is 28.8 Å². The summed E-state index contributed by atoms with van der Waals surface area (Å²) in [6.45, 7) is 19.7. The fourth-order valence-electron chi connectivity index (χ4n) is 9.86. The van der Waals surface area contributed by atoms with Gasteiger partial charge in [-0.25, -0.2) is 0 Å². The molecule has 6 nitrogen and oxygen atoms in total. The van der Waals surface area contributed by atoms with Crippen molar-refractivity contribution in [1.82, 2.24) is 0 Å². The summed E-state index contributed by atoms with van der Waals surface area (Å²) in [4.78, 5) is 67.8. The van der Waals surface area contributed by atoms with Crippen molar-refractivity contribution >= 4 is 0 Å². The zero-order valence-corrected chi connectivity index (χ0v) is 49.4. The Hall–Kier alpha value is -6.66. The molecule has 79 heavy (non-hydrogen) atoms. The van der Waals surface area contributed by atoms with E-state index in [4.69, 9.17) is 0 Å². The second kappa shape index (κ2) is 32.4. The first-order valence-corrected chi connectivity index (χ1v) is 29.5. The first-order valence-electron chi connectivity index (χ1n) is 29.5. The average molecular weight is 1060 g/mol. The highest BCUT2D eigenvalue weighted by atomic mass is 16.1. The van der Waals surface area contributed by atoms with Gasteiger partial charge in [0.25, 0.3) is 0 Å². The van der Waals surface area contributed by atoms with Gasteiger partial charge in [0.2, 0.25) is 0 Å². The van der Waals surface area contributed by atoms with Crippen molar-refractivity contribution in [3.63, 3.8) is 0 Å². The van der Waals surface area contributed by atoms with Crippen molar-refractivity contribution in [2.24, 2.45) is 0 Å². The summed E-state index contributed by atoms with van der Waals surface area (Å²) in [5.74, 6) is 3.84. The molecule has 4 aliphatic rings. The Bertz CT molecular complexity index is 3160. The van der Waals surface area contributed by atoms with Crippen LogP contribution in [0.25, 0.3) is 0 Å². The minimum Gasteiger partial charge on any atom is -0.290 e. The van der Waals surface area contributed by atoms with Crippen molar-refractivity contribution in [3.05, 3.63) is 274 Å². The number of hydrogen-bond donors (Lipinski definition) is 0. The van der Waals surface area contributed by atoms with E-state index in [1.54, 1.807) is 36.4 Å². The molecular formula is C73H90O6. The molecule has 10 rings (SSSR count). The van der Waals surface area contributed by atoms with Crippen molar-refractivity contribution in [1.29, 1.82) is 0 Å². The molecule has 4 fully saturated rings. The molecule has 0 radical (unpaired) electrons. The monoisotopic (exact) mass is 1060 g/mol. The van der Waals surface area contributed by atoms with Crippen molar-refractivity contribution in [2.75, 3.05) is 0 Å². The third kappa shape index (κ3) is 21.2. The lowest BCUT2D eigenvalue weighted by atomic mass is 9.81. The topological polar surface area (TPSA) is 102 Å². The molecular weight excluding hydrogens is 973 g/mol. The van der Waals surface area contributed by atoms with Gasteiger partial charge in [0.1, 0.15) is 0 Å². The maximum Gasteiger partial charge on any atom is 0.181 e. The number of hydrogen-bond acceptors (Lipinski definition) is 6. The van der Waals surface area contributed by atoms with Crippen molar-refractivity contribution < 1.29 is 0 Å². The van der Waals surface area contributed by atoms with Gasteiger partial charge in [-0.05, 0) is 238 Å². The largest absolute Gasteiger partial charge is 0.290 e. The molecule has 4 saturated carbocycles. The second-order valence-electron chi connectivity index (χ2n) is 23.0. The van der Waals surface area contributed by atoms with E-state index in [-0.39, 0.29) is 32.6 Å². The molecule has 0 N–H and O–H groups in total. The first-order chi connectivity index (χ1) is 37.8. The lowest BCUT2D eigenvalue weighted by Crippen LogP contribution is -2.07. The fourth-order valence-corrected chi connectivity index (χ4v) is 9.86. The Morgan fingerprint density at radius 3 is 0.797 bits per heavy atom. The number of aryl methyl sites for hydroxylation is 6. The summed E-state index contributed by atoms with van der Waals surface area (Å²) in [7, 11) is 0. The van der Waals surface area contributed by atoms with E-state index < -0.39 is 0 Å². The molecule has 418 valence electrons. The summed E-state index contributed by atoms with van der Waals surface area (Å²) >= 11 is 0. The van der Waals surface area contributed by atoms with Gasteiger partial charge < -0.3 is 0 Å². The zero-order valence-electron chi connectivity index (χ0n) is 49.4. The van der Waals surface area contributed by atoms with E-state index in [1.807, 2.05) is 126 Å². The lowest BCUT2D eigenvalue weighted by Gasteiger charge is -2.24. The maximum absolute atomic E-state index is 11.5. The molecule has 0 aliphatic heterocycles.